The molecule has 2 heterocycles. The van der Waals surface area contributed by atoms with Crippen molar-refractivity contribution in [2.24, 2.45) is 0 Å². The lowest BCUT2D eigenvalue weighted by molar-refractivity contribution is -0.159. The van der Waals surface area contributed by atoms with Crippen molar-refractivity contribution in [2.75, 3.05) is 20.1 Å². The van der Waals surface area contributed by atoms with Gasteiger partial charge in [-0.1, -0.05) is 0 Å². The standard InChI is InChI=1S/C9H13N3.C2H2O4/c1-12-5-2-8(7-12)9-6-10-3-4-11-9;3-1(4)2(5)6/h3-4,6,8H,2,5,7H2,1H3;(H,3,4)(H,5,6). The molecule has 7 heteroatoms. The monoisotopic (exact) mass is 253 g/mol. The molecule has 2 rings (SSSR count). The van der Waals surface area contributed by atoms with Crippen LogP contribution in [0, 0.1) is 0 Å². The normalized spacial score (nSPS) is 18.8. The summed E-state index contributed by atoms with van der Waals surface area (Å²) in [5.74, 6) is -3.05. The van der Waals surface area contributed by atoms with Crippen LogP contribution < -0.4 is 0 Å². The van der Waals surface area contributed by atoms with Crippen molar-refractivity contribution in [2.45, 2.75) is 12.3 Å². The van der Waals surface area contributed by atoms with Crippen molar-refractivity contribution in [1.82, 2.24) is 14.9 Å². The predicted molar refractivity (Wildman–Crippen MR) is 62.2 cm³/mol. The van der Waals surface area contributed by atoms with Crippen LogP contribution in [0.3, 0.4) is 0 Å². The molecular formula is C11H15N3O4. The van der Waals surface area contributed by atoms with E-state index in [2.05, 4.69) is 21.9 Å². The van der Waals surface area contributed by atoms with E-state index in [1.54, 1.807) is 12.4 Å². The Morgan fingerprint density at radius 2 is 2.00 bits per heavy atom. The Labute approximate surface area is 104 Å². The summed E-state index contributed by atoms with van der Waals surface area (Å²) in [6.07, 6.45) is 6.59. The highest BCUT2D eigenvalue weighted by Crippen LogP contribution is 2.23. The van der Waals surface area contributed by atoms with Gasteiger partial charge in [0.05, 0.1) is 5.69 Å². The quantitative estimate of drug-likeness (QED) is 0.681. The number of nitrogens with zero attached hydrogens (tertiary/aromatic N) is 3. The molecule has 1 aliphatic heterocycles. The highest BCUT2D eigenvalue weighted by atomic mass is 16.4. The summed E-state index contributed by atoms with van der Waals surface area (Å²) in [6, 6.07) is 0. The molecular weight excluding hydrogens is 238 g/mol. The Kier molecular flexibility index (Phi) is 5.19. The summed E-state index contributed by atoms with van der Waals surface area (Å²) < 4.78 is 0. The van der Waals surface area contributed by atoms with E-state index in [0.29, 0.717) is 5.92 Å². The van der Waals surface area contributed by atoms with Gasteiger partial charge in [0.15, 0.2) is 0 Å². The smallest absolute Gasteiger partial charge is 0.414 e. The van der Waals surface area contributed by atoms with Crippen LogP contribution in [0.25, 0.3) is 0 Å². The Bertz CT molecular complexity index is 398. The van der Waals surface area contributed by atoms with Crippen LogP contribution >= 0.6 is 0 Å². The number of carboxylic acids is 2. The van der Waals surface area contributed by atoms with Crippen LogP contribution in [-0.4, -0.2) is 57.2 Å². The fraction of sp³-hybridized carbons (Fsp3) is 0.455. The lowest BCUT2D eigenvalue weighted by Gasteiger charge is -2.08. The van der Waals surface area contributed by atoms with E-state index in [1.807, 2.05) is 6.20 Å². The average Bonchev–Trinajstić information content (AvgIpc) is 2.78. The highest BCUT2D eigenvalue weighted by molar-refractivity contribution is 6.27. The number of likely N-dealkylation sites (tertiary alicyclic amines) is 1. The molecule has 1 saturated heterocycles. The van der Waals surface area contributed by atoms with Crippen molar-refractivity contribution in [3.05, 3.63) is 24.3 Å². The van der Waals surface area contributed by atoms with Crippen molar-refractivity contribution in [3.63, 3.8) is 0 Å². The first-order chi connectivity index (χ1) is 8.50. The Morgan fingerprint density at radius 1 is 1.33 bits per heavy atom. The zero-order chi connectivity index (χ0) is 13.5. The maximum Gasteiger partial charge on any atom is 0.414 e. The third kappa shape index (κ3) is 4.46. The minimum Gasteiger partial charge on any atom is -0.473 e. The number of aliphatic carboxylic acids is 2. The maximum atomic E-state index is 9.10. The lowest BCUT2D eigenvalue weighted by atomic mass is 10.1. The fourth-order valence-corrected chi connectivity index (χ4v) is 1.70. The number of aromatic nitrogens is 2. The van der Waals surface area contributed by atoms with Crippen molar-refractivity contribution in [1.29, 1.82) is 0 Å². The van der Waals surface area contributed by atoms with E-state index in [-0.39, 0.29) is 0 Å². The molecule has 0 radical (unpaired) electrons. The first kappa shape index (κ1) is 14.0. The molecule has 7 nitrogen and oxygen atoms in total. The van der Waals surface area contributed by atoms with E-state index in [1.165, 1.54) is 13.0 Å². The molecule has 0 spiro atoms. The molecule has 2 N–H and O–H groups in total. The molecule has 1 aliphatic rings. The van der Waals surface area contributed by atoms with Gasteiger partial charge in [-0.2, -0.15) is 0 Å². The van der Waals surface area contributed by atoms with E-state index >= 15 is 0 Å². The number of hydrogen-bond donors (Lipinski definition) is 2. The molecule has 0 amide bonds. The summed E-state index contributed by atoms with van der Waals surface area (Å²) >= 11 is 0. The van der Waals surface area contributed by atoms with Gasteiger partial charge in [-0.05, 0) is 20.0 Å². The lowest BCUT2D eigenvalue weighted by Crippen LogP contribution is -2.13. The van der Waals surface area contributed by atoms with E-state index < -0.39 is 11.9 Å². The molecule has 0 aromatic carbocycles. The Hall–Kier alpha value is -2.02. The molecule has 1 atom stereocenters. The van der Waals surface area contributed by atoms with Crippen LogP contribution in [0.2, 0.25) is 0 Å². The molecule has 18 heavy (non-hydrogen) atoms. The van der Waals surface area contributed by atoms with Gasteiger partial charge >= 0.3 is 11.9 Å². The van der Waals surface area contributed by atoms with Gasteiger partial charge in [0.1, 0.15) is 0 Å². The van der Waals surface area contributed by atoms with E-state index in [0.717, 1.165) is 12.2 Å². The number of hydrogen-bond acceptors (Lipinski definition) is 5. The molecule has 0 aliphatic carbocycles. The van der Waals surface area contributed by atoms with Gasteiger partial charge < -0.3 is 15.1 Å². The van der Waals surface area contributed by atoms with Crippen LogP contribution in [0.1, 0.15) is 18.0 Å². The van der Waals surface area contributed by atoms with Gasteiger partial charge in [0.2, 0.25) is 0 Å². The van der Waals surface area contributed by atoms with E-state index in [4.69, 9.17) is 19.8 Å². The molecule has 98 valence electrons. The van der Waals surface area contributed by atoms with Crippen molar-refractivity contribution >= 4 is 11.9 Å². The second kappa shape index (κ2) is 6.65. The first-order valence-electron chi connectivity index (χ1n) is 5.41. The second-order valence-electron chi connectivity index (χ2n) is 3.99. The van der Waals surface area contributed by atoms with E-state index in [9.17, 15) is 0 Å². The highest BCUT2D eigenvalue weighted by Gasteiger charge is 2.21. The molecule has 0 saturated carbocycles. The minimum atomic E-state index is -1.82. The molecule has 1 aromatic heterocycles. The largest absolute Gasteiger partial charge is 0.473 e. The van der Waals surface area contributed by atoms with Gasteiger partial charge in [-0.15, -0.1) is 0 Å². The predicted octanol–water partition coefficient (Wildman–Crippen LogP) is 0.0513. The van der Waals surface area contributed by atoms with Crippen molar-refractivity contribution in [3.8, 4) is 0 Å². The SMILES string of the molecule is CN1CCC(c2cnccn2)C1.O=C(O)C(=O)O. The van der Waals surface area contributed by atoms with Crippen LogP contribution in [0.15, 0.2) is 18.6 Å². The molecule has 1 fully saturated rings. The van der Waals surface area contributed by atoms with Gasteiger partial charge in [0, 0.05) is 31.1 Å². The maximum absolute atomic E-state index is 9.10. The van der Waals surface area contributed by atoms with Crippen LogP contribution in [-0.2, 0) is 9.59 Å². The summed E-state index contributed by atoms with van der Waals surface area (Å²) in [7, 11) is 2.15. The first-order valence-corrected chi connectivity index (χ1v) is 5.41. The topological polar surface area (TPSA) is 104 Å². The van der Waals surface area contributed by atoms with Crippen molar-refractivity contribution < 1.29 is 19.8 Å². The summed E-state index contributed by atoms with van der Waals surface area (Å²) in [6.45, 7) is 2.31. The zero-order valence-electron chi connectivity index (χ0n) is 9.98. The fourth-order valence-electron chi connectivity index (χ4n) is 1.70. The van der Waals surface area contributed by atoms with Crippen LogP contribution in [0.4, 0.5) is 0 Å². The molecule has 0 bridgehead atoms. The third-order valence-corrected chi connectivity index (χ3v) is 2.58. The van der Waals surface area contributed by atoms with Gasteiger partial charge in [0.25, 0.3) is 0 Å². The number of carbonyl (C=O) groups is 2. The Morgan fingerprint density at radius 3 is 2.39 bits per heavy atom. The summed E-state index contributed by atoms with van der Waals surface area (Å²) in [4.78, 5) is 28.9. The molecule has 1 unspecified atom stereocenters. The van der Waals surface area contributed by atoms with Gasteiger partial charge in [-0.3, -0.25) is 9.97 Å². The minimum absolute atomic E-state index is 0.601. The third-order valence-electron chi connectivity index (χ3n) is 2.58. The Balaban J connectivity index is 0.000000232. The number of carboxylic acid groups (broad SMARTS) is 2. The molecule has 1 aromatic rings. The summed E-state index contributed by atoms with van der Waals surface area (Å²) in [5, 5.41) is 14.8. The second-order valence-corrected chi connectivity index (χ2v) is 3.99. The zero-order valence-corrected chi connectivity index (χ0v) is 9.98. The number of likely N-dealkylation sites (N-methyl/N-ethyl adjacent to an activating group) is 1. The van der Waals surface area contributed by atoms with Crippen LogP contribution in [0.5, 0.6) is 0 Å². The number of rotatable bonds is 1. The van der Waals surface area contributed by atoms with Gasteiger partial charge in [-0.25, -0.2) is 9.59 Å². The average molecular weight is 253 g/mol. The summed E-state index contributed by atoms with van der Waals surface area (Å²) in [5.41, 5.74) is 1.14.